The number of anilines is 1. The predicted octanol–water partition coefficient (Wildman–Crippen LogP) is 0.264. The quantitative estimate of drug-likeness (QED) is 0.618. The minimum Gasteiger partial charge on any atom is -0.478 e. The van der Waals surface area contributed by atoms with Crippen LogP contribution in [0.4, 0.5) is 10.6 Å². The maximum atomic E-state index is 10.4. The molecule has 0 bridgehead atoms. The van der Waals surface area contributed by atoms with Crippen LogP contribution in [0.25, 0.3) is 0 Å². The highest BCUT2D eigenvalue weighted by molar-refractivity contribution is 5.71. The van der Waals surface area contributed by atoms with Crippen LogP contribution >= 0.6 is 0 Å². The van der Waals surface area contributed by atoms with Gasteiger partial charge < -0.3 is 21.1 Å². The van der Waals surface area contributed by atoms with Crippen LogP contribution in [0.1, 0.15) is 12.7 Å². The van der Waals surface area contributed by atoms with E-state index >= 15 is 0 Å². The molecule has 17 heavy (non-hydrogen) atoms. The Bertz CT molecular complexity index is 383. The predicted molar refractivity (Wildman–Crippen MR) is 64.0 cm³/mol. The molecule has 4 N–H and O–H groups in total. The van der Waals surface area contributed by atoms with Crippen molar-refractivity contribution in [2.75, 3.05) is 25.0 Å². The first-order valence-corrected chi connectivity index (χ1v) is 5.37. The van der Waals surface area contributed by atoms with E-state index in [2.05, 4.69) is 20.6 Å². The minimum atomic E-state index is -0.541. The van der Waals surface area contributed by atoms with Crippen molar-refractivity contribution in [2.24, 2.45) is 5.73 Å². The fourth-order valence-electron chi connectivity index (χ4n) is 1.23. The Hall–Kier alpha value is -2.05. The van der Waals surface area contributed by atoms with Crippen molar-refractivity contribution in [3.8, 4) is 5.88 Å². The summed E-state index contributed by atoms with van der Waals surface area (Å²) in [6.45, 7) is 5.20. The molecule has 0 saturated carbocycles. The van der Waals surface area contributed by atoms with Crippen molar-refractivity contribution in [3.05, 3.63) is 11.9 Å². The number of carbonyl (C=O) groups is 1. The van der Waals surface area contributed by atoms with E-state index in [1.807, 2.05) is 6.92 Å². The number of hydrogen-bond donors (Lipinski definition) is 3. The molecule has 0 spiro atoms. The third kappa shape index (κ3) is 5.01. The van der Waals surface area contributed by atoms with Crippen LogP contribution in [0.15, 0.2) is 6.07 Å². The zero-order chi connectivity index (χ0) is 12.7. The Morgan fingerprint density at radius 3 is 2.88 bits per heavy atom. The van der Waals surface area contributed by atoms with Gasteiger partial charge in [-0.3, -0.25) is 0 Å². The lowest BCUT2D eigenvalue weighted by molar-refractivity contribution is 0.249. The lowest BCUT2D eigenvalue weighted by Crippen LogP contribution is -2.33. The van der Waals surface area contributed by atoms with E-state index in [4.69, 9.17) is 10.5 Å². The van der Waals surface area contributed by atoms with Crippen LogP contribution in [-0.4, -0.2) is 35.7 Å². The number of aryl methyl sites for hydroxylation is 1. The molecule has 0 atom stereocenters. The van der Waals surface area contributed by atoms with Gasteiger partial charge in [0.15, 0.2) is 0 Å². The van der Waals surface area contributed by atoms with Gasteiger partial charge in [0, 0.05) is 19.2 Å². The van der Waals surface area contributed by atoms with Crippen LogP contribution in [0.5, 0.6) is 5.88 Å². The van der Waals surface area contributed by atoms with Crippen LogP contribution in [-0.2, 0) is 0 Å². The van der Waals surface area contributed by atoms with E-state index < -0.39 is 6.03 Å². The number of urea groups is 1. The summed E-state index contributed by atoms with van der Waals surface area (Å²) in [5, 5.41) is 5.51. The largest absolute Gasteiger partial charge is 0.478 e. The number of hydrogen-bond acceptors (Lipinski definition) is 5. The maximum absolute atomic E-state index is 10.4. The lowest BCUT2D eigenvalue weighted by atomic mass is 10.5. The van der Waals surface area contributed by atoms with Crippen molar-refractivity contribution >= 4 is 11.8 Å². The maximum Gasteiger partial charge on any atom is 0.312 e. The van der Waals surface area contributed by atoms with Gasteiger partial charge >= 0.3 is 6.03 Å². The molecule has 0 radical (unpaired) electrons. The third-order valence-electron chi connectivity index (χ3n) is 1.84. The van der Waals surface area contributed by atoms with E-state index in [0.29, 0.717) is 37.2 Å². The summed E-state index contributed by atoms with van der Waals surface area (Å²) in [5.41, 5.74) is 4.94. The molecule has 1 heterocycles. The standard InChI is InChI=1S/C10H17N5O2/c1-3-17-9-6-8(14-7(2)15-9)12-4-5-13-10(11)16/h6H,3-5H2,1-2H3,(H3,11,13,16)(H,12,14,15). The van der Waals surface area contributed by atoms with E-state index in [0.717, 1.165) is 0 Å². The molecule has 94 valence electrons. The zero-order valence-corrected chi connectivity index (χ0v) is 9.99. The van der Waals surface area contributed by atoms with Crippen LogP contribution in [0.2, 0.25) is 0 Å². The molecule has 2 amide bonds. The SMILES string of the molecule is CCOc1cc(NCCNC(N)=O)nc(C)n1. The van der Waals surface area contributed by atoms with Crippen molar-refractivity contribution < 1.29 is 9.53 Å². The van der Waals surface area contributed by atoms with E-state index in [-0.39, 0.29) is 0 Å². The number of amides is 2. The number of nitrogens with zero attached hydrogens (tertiary/aromatic N) is 2. The van der Waals surface area contributed by atoms with Crippen molar-refractivity contribution in [2.45, 2.75) is 13.8 Å². The smallest absolute Gasteiger partial charge is 0.312 e. The molecule has 0 saturated heterocycles. The first-order chi connectivity index (χ1) is 8.11. The van der Waals surface area contributed by atoms with Gasteiger partial charge in [-0.1, -0.05) is 0 Å². The van der Waals surface area contributed by atoms with E-state index in [9.17, 15) is 4.79 Å². The molecule has 0 aromatic carbocycles. The molecule has 0 fully saturated rings. The third-order valence-corrected chi connectivity index (χ3v) is 1.84. The highest BCUT2D eigenvalue weighted by atomic mass is 16.5. The van der Waals surface area contributed by atoms with Crippen LogP contribution in [0.3, 0.4) is 0 Å². The second kappa shape index (κ2) is 6.51. The first kappa shape index (κ1) is 13.0. The number of carbonyl (C=O) groups excluding carboxylic acids is 1. The van der Waals surface area contributed by atoms with Gasteiger partial charge in [0.25, 0.3) is 0 Å². The van der Waals surface area contributed by atoms with Gasteiger partial charge in [0.2, 0.25) is 5.88 Å². The van der Waals surface area contributed by atoms with Crippen LogP contribution < -0.4 is 21.1 Å². The normalized spacial score (nSPS) is 9.76. The summed E-state index contributed by atoms with van der Waals surface area (Å²) >= 11 is 0. The van der Waals surface area contributed by atoms with Crippen molar-refractivity contribution in [1.82, 2.24) is 15.3 Å². The summed E-state index contributed by atoms with van der Waals surface area (Å²) in [6, 6.07) is 1.17. The lowest BCUT2D eigenvalue weighted by Gasteiger charge is -2.08. The number of rotatable bonds is 6. The summed E-state index contributed by atoms with van der Waals surface area (Å²) in [5.74, 6) is 1.82. The number of nitrogens with one attached hydrogen (secondary N) is 2. The average molecular weight is 239 g/mol. The first-order valence-electron chi connectivity index (χ1n) is 5.37. The Morgan fingerprint density at radius 1 is 1.47 bits per heavy atom. The Kier molecular flexibility index (Phi) is 4.99. The van der Waals surface area contributed by atoms with Gasteiger partial charge in [-0.2, -0.15) is 4.98 Å². The van der Waals surface area contributed by atoms with E-state index in [1.54, 1.807) is 13.0 Å². The van der Waals surface area contributed by atoms with Crippen LogP contribution in [0, 0.1) is 6.92 Å². The summed E-state index contributed by atoms with van der Waals surface area (Å²) in [7, 11) is 0. The van der Waals surface area contributed by atoms with E-state index in [1.165, 1.54) is 0 Å². The topological polar surface area (TPSA) is 102 Å². The minimum absolute atomic E-state index is 0.433. The molecule has 1 aromatic heterocycles. The molecule has 0 unspecified atom stereocenters. The molecular formula is C10H17N5O2. The second-order valence-electron chi connectivity index (χ2n) is 3.29. The highest BCUT2D eigenvalue weighted by Gasteiger charge is 2.01. The summed E-state index contributed by atoms with van der Waals surface area (Å²) in [4.78, 5) is 18.7. The number of primary amides is 1. The molecule has 7 nitrogen and oxygen atoms in total. The fourth-order valence-corrected chi connectivity index (χ4v) is 1.23. The Balaban J connectivity index is 2.49. The molecule has 1 aromatic rings. The molecule has 1 rings (SSSR count). The molecular weight excluding hydrogens is 222 g/mol. The summed E-state index contributed by atoms with van der Waals surface area (Å²) < 4.78 is 5.29. The van der Waals surface area contributed by atoms with Gasteiger partial charge in [-0.15, -0.1) is 0 Å². The van der Waals surface area contributed by atoms with Gasteiger partial charge in [0.05, 0.1) is 6.61 Å². The molecule has 0 aliphatic carbocycles. The average Bonchev–Trinajstić information content (AvgIpc) is 2.24. The Morgan fingerprint density at radius 2 is 2.24 bits per heavy atom. The van der Waals surface area contributed by atoms with Gasteiger partial charge in [0.1, 0.15) is 11.6 Å². The van der Waals surface area contributed by atoms with Gasteiger partial charge in [-0.05, 0) is 13.8 Å². The molecule has 0 aliphatic rings. The second-order valence-corrected chi connectivity index (χ2v) is 3.29. The number of nitrogens with two attached hydrogens (primary N) is 1. The molecule has 7 heteroatoms. The summed E-state index contributed by atoms with van der Waals surface area (Å²) in [6.07, 6.45) is 0. The molecule has 0 aliphatic heterocycles. The van der Waals surface area contributed by atoms with Crippen molar-refractivity contribution in [3.63, 3.8) is 0 Å². The monoisotopic (exact) mass is 239 g/mol. The number of ether oxygens (including phenoxy) is 1. The fraction of sp³-hybridized carbons (Fsp3) is 0.500. The van der Waals surface area contributed by atoms with Crippen molar-refractivity contribution in [1.29, 1.82) is 0 Å². The Labute approximate surface area is 99.8 Å². The van der Waals surface area contributed by atoms with Gasteiger partial charge in [-0.25, -0.2) is 9.78 Å². The highest BCUT2D eigenvalue weighted by Crippen LogP contribution is 2.12. The number of aromatic nitrogens is 2. The zero-order valence-electron chi connectivity index (χ0n) is 9.99.